The molecule has 2 heterocycles. The molecule has 1 aromatic heterocycles. The molecule has 1 aliphatic heterocycles. The molecule has 1 unspecified atom stereocenters. The molecule has 1 N–H and O–H groups in total. The largest absolute Gasteiger partial charge is 0.454 e. The van der Waals surface area contributed by atoms with Gasteiger partial charge in [-0.15, -0.1) is 10.2 Å². The molecule has 0 fully saturated rings. The first-order valence-corrected chi connectivity index (χ1v) is 11.5. The van der Waals surface area contributed by atoms with Crippen LogP contribution in [0.1, 0.15) is 30.8 Å². The van der Waals surface area contributed by atoms with Gasteiger partial charge in [-0.05, 0) is 38.2 Å². The predicted molar refractivity (Wildman–Crippen MR) is 124 cm³/mol. The molecule has 1 atom stereocenters. The van der Waals surface area contributed by atoms with Crippen LogP contribution in [0.2, 0.25) is 0 Å². The number of nitrogens with zero attached hydrogens (tertiary/aromatic N) is 4. The predicted octanol–water partition coefficient (Wildman–Crippen LogP) is 3.80. The van der Waals surface area contributed by atoms with Crippen molar-refractivity contribution in [1.29, 1.82) is 0 Å². The number of carbonyl (C=O) groups is 1. The van der Waals surface area contributed by atoms with Gasteiger partial charge < -0.3 is 19.4 Å². The van der Waals surface area contributed by atoms with E-state index in [0.717, 1.165) is 23.0 Å². The van der Waals surface area contributed by atoms with Crippen molar-refractivity contribution in [2.75, 3.05) is 32.0 Å². The summed E-state index contributed by atoms with van der Waals surface area (Å²) >= 11 is 1.38. The van der Waals surface area contributed by atoms with E-state index >= 15 is 0 Å². The highest BCUT2D eigenvalue weighted by Crippen LogP contribution is 2.34. The molecular weight excluding hydrogens is 426 g/mol. The first-order valence-electron chi connectivity index (χ1n) is 10.5. The summed E-state index contributed by atoms with van der Waals surface area (Å²) in [6, 6.07) is 15.7. The standard InChI is InChI=1S/C23H27N5O3S/c1-4-18(27(2)3)22-25-26-23(28(22)13-16-8-6-5-7-9-16)32-14-21(29)24-17-10-11-19-20(12-17)31-15-30-19/h5-12,18H,4,13-15H2,1-3H3,(H,24,29). The van der Waals surface area contributed by atoms with Crippen LogP contribution in [0.25, 0.3) is 0 Å². The monoisotopic (exact) mass is 453 g/mol. The Bertz CT molecular complexity index is 1070. The van der Waals surface area contributed by atoms with Gasteiger partial charge in [0.15, 0.2) is 22.5 Å². The third-order valence-corrected chi connectivity index (χ3v) is 6.19. The first kappa shape index (κ1) is 22.2. The van der Waals surface area contributed by atoms with Crippen molar-refractivity contribution < 1.29 is 14.3 Å². The lowest BCUT2D eigenvalue weighted by atomic mass is 10.2. The average Bonchev–Trinajstić information content (AvgIpc) is 3.40. The molecule has 0 saturated carbocycles. The van der Waals surface area contributed by atoms with Gasteiger partial charge in [0, 0.05) is 11.8 Å². The second kappa shape index (κ2) is 10.1. The highest BCUT2D eigenvalue weighted by Gasteiger charge is 2.23. The molecule has 1 amide bonds. The highest BCUT2D eigenvalue weighted by atomic mass is 32.2. The number of hydrogen-bond acceptors (Lipinski definition) is 7. The van der Waals surface area contributed by atoms with Crippen LogP contribution in [0.3, 0.4) is 0 Å². The second-order valence-corrected chi connectivity index (χ2v) is 8.65. The van der Waals surface area contributed by atoms with E-state index in [1.54, 1.807) is 18.2 Å². The van der Waals surface area contributed by atoms with E-state index in [9.17, 15) is 4.79 Å². The van der Waals surface area contributed by atoms with Gasteiger partial charge >= 0.3 is 0 Å². The van der Waals surface area contributed by atoms with Crippen LogP contribution in [0, 0.1) is 0 Å². The van der Waals surface area contributed by atoms with Crippen LogP contribution in [0.15, 0.2) is 53.7 Å². The molecule has 8 nitrogen and oxygen atoms in total. The van der Waals surface area contributed by atoms with E-state index in [1.165, 1.54) is 11.8 Å². The Balaban J connectivity index is 1.48. The lowest BCUT2D eigenvalue weighted by Crippen LogP contribution is -2.23. The fraction of sp³-hybridized carbons (Fsp3) is 0.348. The molecule has 0 radical (unpaired) electrons. The van der Waals surface area contributed by atoms with E-state index < -0.39 is 0 Å². The molecule has 0 saturated heterocycles. The van der Waals surface area contributed by atoms with Crippen molar-refractivity contribution in [3.05, 3.63) is 59.9 Å². The maximum Gasteiger partial charge on any atom is 0.234 e. The Morgan fingerprint density at radius 2 is 1.94 bits per heavy atom. The quantitative estimate of drug-likeness (QED) is 0.494. The third kappa shape index (κ3) is 5.05. The molecule has 9 heteroatoms. The molecule has 2 aromatic carbocycles. The third-order valence-electron chi connectivity index (χ3n) is 5.23. The van der Waals surface area contributed by atoms with Crippen LogP contribution in [0.4, 0.5) is 5.69 Å². The SMILES string of the molecule is CCC(c1nnc(SCC(=O)Nc2ccc3c(c2)OCO3)n1Cc1ccccc1)N(C)C. The number of anilines is 1. The summed E-state index contributed by atoms with van der Waals surface area (Å²) in [4.78, 5) is 14.7. The number of nitrogens with one attached hydrogen (secondary N) is 1. The van der Waals surface area contributed by atoms with Crippen molar-refractivity contribution in [3.8, 4) is 11.5 Å². The molecular formula is C23H27N5O3S. The lowest BCUT2D eigenvalue weighted by molar-refractivity contribution is -0.113. The molecule has 168 valence electrons. The minimum Gasteiger partial charge on any atom is -0.454 e. The summed E-state index contributed by atoms with van der Waals surface area (Å²) in [5.74, 6) is 2.33. The van der Waals surface area contributed by atoms with Gasteiger partial charge in [-0.2, -0.15) is 0 Å². The maximum absolute atomic E-state index is 12.6. The number of thioether (sulfide) groups is 1. The number of rotatable bonds is 9. The fourth-order valence-electron chi connectivity index (χ4n) is 3.65. The number of aromatic nitrogens is 3. The van der Waals surface area contributed by atoms with Crippen LogP contribution in [-0.4, -0.2) is 52.2 Å². The van der Waals surface area contributed by atoms with Crippen molar-refractivity contribution >= 4 is 23.4 Å². The Hall–Kier alpha value is -3.04. The van der Waals surface area contributed by atoms with Crippen molar-refractivity contribution in [2.24, 2.45) is 0 Å². The zero-order chi connectivity index (χ0) is 22.5. The highest BCUT2D eigenvalue weighted by molar-refractivity contribution is 7.99. The Kier molecular flexibility index (Phi) is 6.96. The van der Waals surface area contributed by atoms with E-state index in [4.69, 9.17) is 9.47 Å². The van der Waals surface area contributed by atoms with Crippen molar-refractivity contribution in [1.82, 2.24) is 19.7 Å². The zero-order valence-corrected chi connectivity index (χ0v) is 19.3. The van der Waals surface area contributed by atoms with Gasteiger partial charge in [-0.1, -0.05) is 49.0 Å². The molecule has 0 aliphatic carbocycles. The molecule has 0 bridgehead atoms. The van der Waals surface area contributed by atoms with E-state index in [1.807, 2.05) is 32.3 Å². The van der Waals surface area contributed by atoms with Crippen LogP contribution >= 0.6 is 11.8 Å². The zero-order valence-electron chi connectivity index (χ0n) is 18.4. The van der Waals surface area contributed by atoms with Crippen molar-refractivity contribution in [3.63, 3.8) is 0 Å². The van der Waals surface area contributed by atoms with Crippen LogP contribution in [0.5, 0.6) is 11.5 Å². The number of hydrogen-bond donors (Lipinski definition) is 1. The van der Waals surface area contributed by atoms with Gasteiger partial charge in [-0.25, -0.2) is 0 Å². The normalized spacial score (nSPS) is 13.4. The molecule has 4 rings (SSSR count). The van der Waals surface area contributed by atoms with E-state index in [2.05, 4.69) is 44.0 Å². The van der Waals surface area contributed by atoms with E-state index in [-0.39, 0.29) is 24.5 Å². The topological polar surface area (TPSA) is 81.5 Å². The van der Waals surface area contributed by atoms with Crippen LogP contribution < -0.4 is 14.8 Å². The first-order chi connectivity index (χ1) is 15.5. The Labute approximate surface area is 191 Å². The smallest absolute Gasteiger partial charge is 0.234 e. The summed E-state index contributed by atoms with van der Waals surface area (Å²) in [5, 5.41) is 12.6. The van der Waals surface area contributed by atoms with E-state index in [0.29, 0.717) is 23.7 Å². The van der Waals surface area contributed by atoms with Gasteiger partial charge in [-0.3, -0.25) is 9.69 Å². The summed E-state index contributed by atoms with van der Waals surface area (Å²) in [7, 11) is 4.09. The summed E-state index contributed by atoms with van der Waals surface area (Å²) in [6.07, 6.45) is 0.912. The molecule has 1 aliphatic rings. The van der Waals surface area contributed by atoms with Crippen molar-refractivity contribution in [2.45, 2.75) is 31.1 Å². The van der Waals surface area contributed by atoms with Crippen LogP contribution in [-0.2, 0) is 11.3 Å². The minimum absolute atomic E-state index is 0.121. The molecule has 32 heavy (non-hydrogen) atoms. The summed E-state index contributed by atoms with van der Waals surface area (Å²) in [5.41, 5.74) is 1.83. The number of ether oxygens (including phenoxy) is 2. The minimum atomic E-state index is -0.121. The number of carbonyl (C=O) groups excluding carboxylic acids is 1. The number of fused-ring (bicyclic) bond motifs is 1. The summed E-state index contributed by atoms with van der Waals surface area (Å²) in [6.45, 7) is 2.99. The molecule has 3 aromatic rings. The number of benzene rings is 2. The van der Waals surface area contributed by atoms with Gasteiger partial charge in [0.2, 0.25) is 12.7 Å². The number of amides is 1. The Morgan fingerprint density at radius 3 is 2.69 bits per heavy atom. The van der Waals surface area contributed by atoms with Gasteiger partial charge in [0.05, 0.1) is 18.3 Å². The average molecular weight is 454 g/mol. The molecule has 0 spiro atoms. The lowest BCUT2D eigenvalue weighted by Gasteiger charge is -2.23. The Morgan fingerprint density at radius 1 is 1.16 bits per heavy atom. The van der Waals surface area contributed by atoms with Gasteiger partial charge in [0.1, 0.15) is 0 Å². The maximum atomic E-state index is 12.6. The summed E-state index contributed by atoms with van der Waals surface area (Å²) < 4.78 is 12.8. The second-order valence-electron chi connectivity index (χ2n) is 7.71. The fourth-order valence-corrected chi connectivity index (χ4v) is 4.39. The van der Waals surface area contributed by atoms with Gasteiger partial charge in [0.25, 0.3) is 0 Å².